The van der Waals surface area contributed by atoms with E-state index in [2.05, 4.69) is 12.3 Å². The molecule has 1 amide bonds. The fourth-order valence-corrected chi connectivity index (χ4v) is 0.0417. The summed E-state index contributed by atoms with van der Waals surface area (Å²) in [5.41, 5.74) is 1.74. The van der Waals surface area contributed by atoms with E-state index in [1.807, 2.05) is 0 Å². The van der Waals surface area contributed by atoms with Crippen LogP contribution >= 0.6 is 0 Å². The predicted molar refractivity (Wildman–Crippen MR) is 21.2 cm³/mol. The van der Waals surface area contributed by atoms with Crippen LogP contribution in [-0.2, 0) is 4.79 Å². The van der Waals surface area contributed by atoms with E-state index in [4.69, 9.17) is 0 Å². The molecule has 0 spiro atoms. The lowest BCUT2D eigenvalue weighted by Crippen LogP contribution is -2.28. The molecule has 6 heavy (non-hydrogen) atoms. The van der Waals surface area contributed by atoms with Crippen LogP contribution in [0.3, 0.4) is 0 Å². The number of rotatable bonds is 0. The van der Waals surface area contributed by atoms with E-state index in [1.54, 1.807) is 11.3 Å². The van der Waals surface area contributed by atoms with Crippen LogP contribution in [0.5, 0.6) is 0 Å². The zero-order valence-corrected chi connectivity index (χ0v) is 3.06. The van der Waals surface area contributed by atoms with Crippen LogP contribution in [-0.4, -0.2) is 5.91 Å². The Kier molecular flexibility index (Phi) is 1.86. The fraction of sp³-hybridized carbons (Fsp3) is 0. The van der Waals surface area contributed by atoms with Gasteiger partial charge in [0.15, 0.2) is 0 Å². The fourth-order valence-electron chi connectivity index (χ4n) is 0.0417. The van der Waals surface area contributed by atoms with E-state index in [1.165, 1.54) is 0 Å². The molecule has 0 radical (unpaired) electrons. The molecule has 0 fully saturated rings. The highest BCUT2D eigenvalue weighted by Crippen LogP contribution is 1.44. The molecule has 0 heterocycles. The van der Waals surface area contributed by atoms with Gasteiger partial charge in [0, 0.05) is 0 Å². The van der Waals surface area contributed by atoms with Crippen molar-refractivity contribution in [3.63, 3.8) is 0 Å². The zero-order valence-electron chi connectivity index (χ0n) is 3.06. The first kappa shape index (κ1) is 4.99. The van der Waals surface area contributed by atoms with Gasteiger partial charge in [-0.2, -0.15) is 0 Å². The second-order valence-corrected chi connectivity index (χ2v) is 0.618. The molecule has 0 aromatic heterocycles. The minimum absolute atomic E-state index is 0.602. The molecule has 0 rings (SSSR count). The molecule has 0 bridgehead atoms. The molecule has 0 aromatic rings. The van der Waals surface area contributed by atoms with Crippen LogP contribution in [0.1, 0.15) is 0 Å². The molecule has 0 aliphatic heterocycles. The van der Waals surface area contributed by atoms with Crippen LogP contribution in [0.4, 0.5) is 0 Å². The van der Waals surface area contributed by atoms with Gasteiger partial charge in [0.05, 0.1) is 0 Å². The maximum Gasteiger partial charge on any atom is 0.309 e. The Hall–Kier alpha value is -1.01. The third-order valence-corrected chi connectivity index (χ3v) is 0.262. The second-order valence-electron chi connectivity index (χ2n) is 0.618. The molecule has 3 heteroatoms. The topological polar surface area (TPSA) is 55.1 Å². The highest BCUT2D eigenvalue weighted by molar-refractivity contribution is 5.92. The molecule has 32 valence electrons. The smallest absolute Gasteiger partial charge is 0.283 e. The lowest BCUT2D eigenvalue weighted by Gasteiger charge is -1.80. The number of amides is 1. The van der Waals surface area contributed by atoms with Crippen LogP contribution in [0.2, 0.25) is 0 Å². The van der Waals surface area contributed by atoms with E-state index in [0.29, 0.717) is 0 Å². The Bertz CT molecular complexity index is 91.5. The van der Waals surface area contributed by atoms with E-state index in [-0.39, 0.29) is 0 Å². The van der Waals surface area contributed by atoms with Crippen molar-refractivity contribution in [1.29, 1.82) is 0 Å². The van der Waals surface area contributed by atoms with Crippen LogP contribution in [0, 0.1) is 12.3 Å². The van der Waals surface area contributed by atoms with Gasteiger partial charge in [0.1, 0.15) is 0 Å². The van der Waals surface area contributed by atoms with E-state index < -0.39 is 5.91 Å². The van der Waals surface area contributed by atoms with Crippen LogP contribution in [0.15, 0.2) is 0 Å². The summed E-state index contributed by atoms with van der Waals surface area (Å²) < 4.78 is 0. The third kappa shape index (κ3) is 1.32. The largest absolute Gasteiger partial charge is 0.309 e. The van der Waals surface area contributed by atoms with Crippen molar-refractivity contribution in [2.45, 2.75) is 0 Å². The first-order chi connectivity index (χ1) is 2.81. The third-order valence-electron chi connectivity index (χ3n) is 0.262. The molecule has 3 nitrogen and oxygen atoms in total. The van der Waals surface area contributed by atoms with Crippen molar-refractivity contribution >= 4 is 5.91 Å². The predicted octanol–water partition coefficient (Wildman–Crippen LogP) is -1.39. The Labute approximate surface area is 35.5 Å². The molecule has 0 aliphatic carbocycles. The van der Waals surface area contributed by atoms with Gasteiger partial charge in [-0.05, 0) is 5.92 Å². The van der Waals surface area contributed by atoms with Crippen LogP contribution < -0.4 is 11.3 Å². The maximum absolute atomic E-state index is 9.71. The summed E-state index contributed by atoms with van der Waals surface area (Å²) in [5.74, 6) is 5.68. The van der Waals surface area contributed by atoms with Crippen molar-refractivity contribution in [3.8, 4) is 12.3 Å². The number of hydrazine groups is 1. The molecular formula is C3H4N2O. The number of carbonyl (C=O) groups is 1. The number of hydrogen-bond donors (Lipinski definition) is 2. The van der Waals surface area contributed by atoms with Crippen molar-refractivity contribution in [2.75, 3.05) is 0 Å². The van der Waals surface area contributed by atoms with E-state index >= 15 is 0 Å². The highest BCUT2D eigenvalue weighted by Gasteiger charge is 1.80. The molecule has 0 saturated heterocycles. The van der Waals surface area contributed by atoms with Gasteiger partial charge in [-0.3, -0.25) is 10.2 Å². The normalized spacial score (nSPS) is 6.00. The summed E-state index contributed by atoms with van der Waals surface area (Å²) in [6.45, 7) is 0. The van der Waals surface area contributed by atoms with Gasteiger partial charge < -0.3 is 0 Å². The number of hydrogen-bond acceptors (Lipinski definition) is 2. The van der Waals surface area contributed by atoms with Crippen molar-refractivity contribution in [2.24, 2.45) is 5.84 Å². The summed E-state index contributed by atoms with van der Waals surface area (Å²) in [6, 6.07) is 0. The van der Waals surface area contributed by atoms with Gasteiger partial charge in [-0.1, -0.05) is 0 Å². The second kappa shape index (κ2) is 2.24. The number of nitrogens with two attached hydrogens (primary N) is 1. The van der Waals surface area contributed by atoms with Gasteiger partial charge in [-0.15, -0.1) is 6.42 Å². The average molecular weight is 84.1 g/mol. The Morgan fingerprint density at radius 3 is 2.50 bits per heavy atom. The van der Waals surface area contributed by atoms with Crippen molar-refractivity contribution in [1.82, 2.24) is 5.43 Å². The van der Waals surface area contributed by atoms with Gasteiger partial charge in [-0.25, -0.2) is 5.84 Å². The molecule has 0 aliphatic rings. The SMILES string of the molecule is C#CC(=O)NN. The summed E-state index contributed by atoms with van der Waals surface area (Å²) in [4.78, 5) is 9.71. The van der Waals surface area contributed by atoms with Gasteiger partial charge in [0.2, 0.25) is 0 Å². The molecule has 0 atom stereocenters. The Balaban J connectivity index is 3.33. The molecular weight excluding hydrogens is 80.0 g/mol. The van der Waals surface area contributed by atoms with E-state index in [9.17, 15) is 4.79 Å². The lowest BCUT2D eigenvalue weighted by molar-refractivity contribution is -0.115. The minimum Gasteiger partial charge on any atom is -0.283 e. The first-order valence-corrected chi connectivity index (χ1v) is 1.28. The van der Waals surface area contributed by atoms with Crippen LogP contribution in [0.25, 0.3) is 0 Å². The quantitative estimate of drug-likeness (QED) is 0.164. The lowest BCUT2D eigenvalue weighted by atomic mass is 10.7. The minimum atomic E-state index is -0.602. The van der Waals surface area contributed by atoms with Crippen molar-refractivity contribution < 1.29 is 4.79 Å². The number of terminal acetylenes is 1. The molecule has 3 N–H and O–H groups in total. The first-order valence-electron chi connectivity index (χ1n) is 1.28. The summed E-state index contributed by atoms with van der Waals surface area (Å²) in [5, 5.41) is 0. The van der Waals surface area contributed by atoms with Gasteiger partial charge in [0.25, 0.3) is 0 Å². The van der Waals surface area contributed by atoms with Gasteiger partial charge >= 0.3 is 5.91 Å². The summed E-state index contributed by atoms with van der Waals surface area (Å²) >= 11 is 0. The molecule has 0 aromatic carbocycles. The molecule has 0 unspecified atom stereocenters. The molecule has 0 saturated carbocycles. The highest BCUT2D eigenvalue weighted by atomic mass is 16.2. The summed E-state index contributed by atoms with van der Waals surface area (Å²) in [6.07, 6.45) is 4.54. The number of nitrogens with one attached hydrogen (secondary N) is 1. The zero-order chi connectivity index (χ0) is 4.99. The average Bonchev–Trinajstić information content (AvgIpc) is 1.65. The number of carbonyl (C=O) groups excluding carboxylic acids is 1. The maximum atomic E-state index is 9.71. The summed E-state index contributed by atoms with van der Waals surface area (Å²) in [7, 11) is 0. The Morgan fingerprint density at radius 1 is 2.00 bits per heavy atom. The van der Waals surface area contributed by atoms with Crippen molar-refractivity contribution in [3.05, 3.63) is 0 Å². The standard InChI is InChI=1S/C3H4N2O/c1-2-3(6)5-4/h1H,4H2,(H,5,6). The monoisotopic (exact) mass is 84.0 g/mol. The Morgan fingerprint density at radius 2 is 2.50 bits per heavy atom. The van der Waals surface area contributed by atoms with E-state index in [0.717, 1.165) is 0 Å².